The van der Waals surface area contributed by atoms with Gasteiger partial charge < -0.3 is 14.7 Å². The molecule has 0 aromatic heterocycles. The van der Waals surface area contributed by atoms with Crippen LogP contribution in [0.15, 0.2) is 54.6 Å². The molecule has 2 atom stereocenters. The lowest BCUT2D eigenvalue weighted by atomic mass is 10.0. The molecule has 0 aliphatic carbocycles. The molecule has 1 amide bonds. The van der Waals surface area contributed by atoms with Gasteiger partial charge in [0.1, 0.15) is 5.75 Å². The lowest BCUT2D eigenvalue weighted by molar-refractivity contribution is -0.136. The molecule has 4 heteroatoms. The van der Waals surface area contributed by atoms with Crippen molar-refractivity contribution in [2.24, 2.45) is 0 Å². The van der Waals surface area contributed by atoms with Crippen LogP contribution < -0.4 is 4.74 Å². The van der Waals surface area contributed by atoms with Crippen molar-refractivity contribution in [3.05, 3.63) is 65.7 Å². The van der Waals surface area contributed by atoms with Crippen LogP contribution in [0.25, 0.3) is 0 Å². The molecular formula is C19H23NO3. The van der Waals surface area contributed by atoms with Gasteiger partial charge in [0, 0.05) is 7.05 Å². The molecule has 0 bridgehead atoms. The van der Waals surface area contributed by atoms with Crippen molar-refractivity contribution in [2.45, 2.75) is 26.0 Å². The minimum absolute atomic E-state index is 0.0502. The summed E-state index contributed by atoms with van der Waals surface area (Å²) in [4.78, 5) is 13.8. The van der Waals surface area contributed by atoms with Gasteiger partial charge in [-0.3, -0.25) is 4.79 Å². The Hall–Kier alpha value is -2.33. The van der Waals surface area contributed by atoms with E-state index in [4.69, 9.17) is 4.74 Å². The summed E-state index contributed by atoms with van der Waals surface area (Å²) in [6.45, 7) is 3.77. The van der Waals surface area contributed by atoms with Gasteiger partial charge in [-0.05, 0) is 31.5 Å². The topological polar surface area (TPSA) is 49.8 Å². The van der Waals surface area contributed by atoms with E-state index in [1.807, 2.05) is 68.4 Å². The van der Waals surface area contributed by atoms with Crippen LogP contribution in [0, 0.1) is 6.92 Å². The molecule has 0 saturated heterocycles. The van der Waals surface area contributed by atoms with Gasteiger partial charge in [0.15, 0.2) is 6.61 Å². The van der Waals surface area contributed by atoms with E-state index in [9.17, 15) is 9.90 Å². The fraction of sp³-hybridized carbons (Fsp3) is 0.316. The number of ether oxygens (including phenoxy) is 1. The first kappa shape index (κ1) is 17.0. The molecular weight excluding hydrogens is 290 g/mol. The van der Waals surface area contributed by atoms with Crippen LogP contribution >= 0.6 is 0 Å². The number of aliphatic hydroxyl groups is 1. The molecule has 23 heavy (non-hydrogen) atoms. The van der Waals surface area contributed by atoms with Crippen molar-refractivity contribution >= 4 is 5.91 Å². The maximum Gasteiger partial charge on any atom is 0.260 e. The van der Waals surface area contributed by atoms with Crippen molar-refractivity contribution in [3.63, 3.8) is 0 Å². The average molecular weight is 313 g/mol. The number of likely N-dealkylation sites (N-methyl/N-ethyl adjacent to an activating group) is 1. The highest BCUT2D eigenvalue weighted by molar-refractivity contribution is 5.77. The first-order valence-electron chi connectivity index (χ1n) is 7.67. The first-order chi connectivity index (χ1) is 11.0. The Balaban J connectivity index is 1.92. The monoisotopic (exact) mass is 313 g/mol. The Morgan fingerprint density at radius 3 is 2.35 bits per heavy atom. The second kappa shape index (κ2) is 7.79. The molecule has 0 radical (unpaired) electrons. The molecule has 1 N–H and O–H groups in total. The molecule has 0 heterocycles. The second-order valence-corrected chi connectivity index (χ2v) is 5.70. The zero-order valence-electron chi connectivity index (χ0n) is 13.8. The van der Waals surface area contributed by atoms with Gasteiger partial charge in [-0.2, -0.15) is 0 Å². The largest absolute Gasteiger partial charge is 0.484 e. The number of hydrogen-bond acceptors (Lipinski definition) is 3. The third-order valence-corrected chi connectivity index (χ3v) is 3.99. The molecule has 4 nitrogen and oxygen atoms in total. The maximum absolute atomic E-state index is 12.3. The van der Waals surface area contributed by atoms with Crippen molar-refractivity contribution in [3.8, 4) is 5.75 Å². The van der Waals surface area contributed by atoms with E-state index in [1.54, 1.807) is 7.05 Å². The van der Waals surface area contributed by atoms with E-state index in [1.165, 1.54) is 4.90 Å². The normalized spacial score (nSPS) is 13.2. The van der Waals surface area contributed by atoms with E-state index in [0.29, 0.717) is 5.75 Å². The zero-order valence-corrected chi connectivity index (χ0v) is 13.8. The summed E-state index contributed by atoms with van der Waals surface area (Å²) in [5.74, 6) is 0.488. The minimum Gasteiger partial charge on any atom is -0.484 e. The Morgan fingerprint density at radius 2 is 1.74 bits per heavy atom. The molecule has 0 saturated carbocycles. The molecule has 2 aromatic carbocycles. The summed E-state index contributed by atoms with van der Waals surface area (Å²) >= 11 is 0. The van der Waals surface area contributed by atoms with Gasteiger partial charge >= 0.3 is 0 Å². The number of carbonyl (C=O) groups excluding carboxylic acids is 1. The lowest BCUT2D eigenvalue weighted by Crippen LogP contribution is -2.41. The number of aryl methyl sites for hydroxylation is 1. The molecule has 2 unspecified atom stereocenters. The SMILES string of the molecule is Cc1ccc(OCC(=O)N(C)C(C)C(O)c2ccccc2)cc1. The molecule has 122 valence electrons. The summed E-state index contributed by atoms with van der Waals surface area (Å²) in [6, 6.07) is 16.5. The zero-order chi connectivity index (χ0) is 16.8. The van der Waals surface area contributed by atoms with Gasteiger partial charge in [0.25, 0.3) is 5.91 Å². The van der Waals surface area contributed by atoms with Gasteiger partial charge in [-0.1, -0.05) is 48.0 Å². The second-order valence-electron chi connectivity index (χ2n) is 5.70. The highest BCUT2D eigenvalue weighted by atomic mass is 16.5. The summed E-state index contributed by atoms with van der Waals surface area (Å²) in [6.07, 6.45) is -0.732. The summed E-state index contributed by atoms with van der Waals surface area (Å²) in [5.41, 5.74) is 1.93. The molecule has 0 fully saturated rings. The molecule has 0 aliphatic heterocycles. The number of aliphatic hydroxyl groups excluding tert-OH is 1. The van der Waals surface area contributed by atoms with Crippen molar-refractivity contribution in [2.75, 3.05) is 13.7 Å². The van der Waals surface area contributed by atoms with Gasteiger partial charge in [0.2, 0.25) is 0 Å². The minimum atomic E-state index is -0.732. The fourth-order valence-corrected chi connectivity index (χ4v) is 2.25. The number of rotatable bonds is 6. The van der Waals surface area contributed by atoms with Crippen LogP contribution in [-0.4, -0.2) is 35.6 Å². The molecule has 2 rings (SSSR count). The third-order valence-electron chi connectivity index (χ3n) is 3.99. The standard InChI is InChI=1S/C19H23NO3/c1-14-9-11-17(12-10-14)23-13-18(21)20(3)15(2)19(22)16-7-5-4-6-8-16/h4-12,15,19,22H,13H2,1-3H3. The quantitative estimate of drug-likeness (QED) is 0.892. The molecule has 2 aromatic rings. The van der Waals surface area contributed by atoms with E-state index in [0.717, 1.165) is 11.1 Å². The van der Waals surface area contributed by atoms with Gasteiger partial charge in [-0.25, -0.2) is 0 Å². The van der Waals surface area contributed by atoms with Gasteiger partial charge in [-0.15, -0.1) is 0 Å². The van der Waals surface area contributed by atoms with Crippen LogP contribution in [-0.2, 0) is 4.79 Å². The molecule has 0 aliphatic rings. The fourth-order valence-electron chi connectivity index (χ4n) is 2.25. The predicted molar refractivity (Wildman–Crippen MR) is 90.3 cm³/mol. The Morgan fingerprint density at radius 1 is 1.13 bits per heavy atom. The number of benzene rings is 2. The Bertz CT molecular complexity index is 625. The third kappa shape index (κ3) is 4.57. The van der Waals surface area contributed by atoms with E-state index >= 15 is 0 Å². The average Bonchev–Trinajstić information content (AvgIpc) is 2.59. The van der Waals surface area contributed by atoms with Crippen LogP contribution in [0.4, 0.5) is 0 Å². The lowest BCUT2D eigenvalue weighted by Gasteiger charge is -2.29. The maximum atomic E-state index is 12.3. The number of nitrogens with zero attached hydrogens (tertiary/aromatic N) is 1. The highest BCUT2D eigenvalue weighted by Crippen LogP contribution is 2.20. The van der Waals surface area contributed by atoms with Crippen LogP contribution in [0.5, 0.6) is 5.75 Å². The van der Waals surface area contributed by atoms with E-state index < -0.39 is 6.10 Å². The van der Waals surface area contributed by atoms with Crippen molar-refractivity contribution in [1.82, 2.24) is 4.90 Å². The Labute approximate surface area is 137 Å². The predicted octanol–water partition coefficient (Wildman–Crippen LogP) is 2.95. The molecule has 0 spiro atoms. The van der Waals surface area contributed by atoms with E-state index in [2.05, 4.69) is 0 Å². The number of hydrogen-bond donors (Lipinski definition) is 1. The summed E-state index contributed by atoms with van der Waals surface area (Å²) in [7, 11) is 1.68. The van der Waals surface area contributed by atoms with Crippen molar-refractivity contribution in [1.29, 1.82) is 0 Å². The van der Waals surface area contributed by atoms with Crippen LogP contribution in [0.2, 0.25) is 0 Å². The summed E-state index contributed by atoms with van der Waals surface area (Å²) in [5, 5.41) is 10.4. The number of carbonyl (C=O) groups is 1. The first-order valence-corrected chi connectivity index (χ1v) is 7.67. The van der Waals surface area contributed by atoms with Crippen LogP contribution in [0.1, 0.15) is 24.2 Å². The highest BCUT2D eigenvalue weighted by Gasteiger charge is 2.24. The summed E-state index contributed by atoms with van der Waals surface area (Å²) < 4.78 is 5.51. The van der Waals surface area contributed by atoms with E-state index in [-0.39, 0.29) is 18.6 Å². The van der Waals surface area contributed by atoms with Crippen LogP contribution in [0.3, 0.4) is 0 Å². The smallest absolute Gasteiger partial charge is 0.260 e. The van der Waals surface area contributed by atoms with Gasteiger partial charge in [0.05, 0.1) is 12.1 Å². The van der Waals surface area contributed by atoms with Crippen molar-refractivity contribution < 1.29 is 14.6 Å². The number of amides is 1. The Kier molecular flexibility index (Phi) is 5.77.